The van der Waals surface area contributed by atoms with Crippen LogP contribution in [-0.2, 0) is 22.2 Å². The highest BCUT2D eigenvalue weighted by Crippen LogP contribution is 2.41. The summed E-state index contributed by atoms with van der Waals surface area (Å²) in [5, 5.41) is 9.10. The first kappa shape index (κ1) is 20.0. The van der Waals surface area contributed by atoms with E-state index in [9.17, 15) is 9.00 Å². The Morgan fingerprint density at radius 1 is 1.03 bits per heavy atom. The second kappa shape index (κ2) is 8.33. The van der Waals surface area contributed by atoms with Gasteiger partial charge in [-0.05, 0) is 60.4 Å². The molecule has 32 heavy (non-hydrogen) atoms. The molecule has 3 aromatic carbocycles. The van der Waals surface area contributed by atoms with Crippen LogP contribution in [0.15, 0.2) is 72.8 Å². The summed E-state index contributed by atoms with van der Waals surface area (Å²) in [4.78, 5) is 11.9. The maximum Gasteiger partial charge on any atom is 0.257 e. The number of benzene rings is 3. The maximum atomic E-state index is 11.9. The van der Waals surface area contributed by atoms with Crippen molar-refractivity contribution in [3.05, 3.63) is 95.1 Å². The van der Waals surface area contributed by atoms with E-state index in [1.807, 2.05) is 36.4 Å². The minimum atomic E-state index is -1.51. The molecule has 6 nitrogen and oxygen atoms in total. The number of nitrogens with one attached hydrogen (secondary N) is 1. The van der Waals surface area contributed by atoms with Crippen molar-refractivity contribution in [1.82, 2.24) is 4.72 Å². The fourth-order valence-electron chi connectivity index (χ4n) is 3.96. The molecule has 2 atom stereocenters. The van der Waals surface area contributed by atoms with Gasteiger partial charge in [-0.1, -0.05) is 30.3 Å². The predicted octanol–water partition coefficient (Wildman–Crippen LogP) is 4.55. The molecule has 7 heteroatoms. The first-order valence-corrected chi connectivity index (χ1v) is 11.3. The van der Waals surface area contributed by atoms with Crippen LogP contribution in [0.2, 0.25) is 0 Å². The highest BCUT2D eigenvalue weighted by molar-refractivity contribution is 7.93. The number of nitriles is 1. The largest absolute Gasteiger partial charge is 0.486 e. The topological polar surface area (TPSA) is 88.4 Å². The lowest BCUT2D eigenvalue weighted by molar-refractivity contribution is -0.114. The van der Waals surface area contributed by atoms with Crippen LogP contribution in [0.1, 0.15) is 34.8 Å². The SMILES string of the molecule is N#Cc1cccc(Oc2cccc3c2CC[C@H]3Oc2ccc(C3=CC(=O)NS3=O)cc2)c1. The molecule has 1 heterocycles. The average molecular weight is 442 g/mol. The average Bonchev–Trinajstić information content (AvgIpc) is 3.37. The maximum absolute atomic E-state index is 11.9. The minimum Gasteiger partial charge on any atom is -0.486 e. The van der Waals surface area contributed by atoms with Crippen molar-refractivity contribution in [3.8, 4) is 23.3 Å². The summed E-state index contributed by atoms with van der Waals surface area (Å²) in [5.41, 5.74) is 3.46. The molecule has 158 valence electrons. The molecule has 0 saturated carbocycles. The van der Waals surface area contributed by atoms with Gasteiger partial charge >= 0.3 is 0 Å². The van der Waals surface area contributed by atoms with Crippen LogP contribution < -0.4 is 14.2 Å². The molecular formula is C25H18N2O4S. The van der Waals surface area contributed by atoms with Gasteiger partial charge in [-0.15, -0.1) is 0 Å². The van der Waals surface area contributed by atoms with E-state index < -0.39 is 11.0 Å². The van der Waals surface area contributed by atoms with Crippen LogP contribution in [0, 0.1) is 11.3 Å². The molecule has 2 aliphatic rings. The number of hydrogen-bond donors (Lipinski definition) is 1. The Kier molecular flexibility index (Phi) is 5.21. The van der Waals surface area contributed by atoms with Crippen LogP contribution >= 0.6 is 0 Å². The van der Waals surface area contributed by atoms with Crippen LogP contribution in [0.5, 0.6) is 17.2 Å². The molecule has 3 aromatic rings. The molecule has 0 aromatic heterocycles. The van der Waals surface area contributed by atoms with Gasteiger partial charge < -0.3 is 9.47 Å². The number of fused-ring (bicyclic) bond motifs is 1. The molecule has 0 fully saturated rings. The number of hydrogen-bond acceptors (Lipinski definition) is 5. The van der Waals surface area contributed by atoms with E-state index in [-0.39, 0.29) is 12.0 Å². The zero-order valence-corrected chi connectivity index (χ0v) is 17.7. The van der Waals surface area contributed by atoms with Gasteiger partial charge in [-0.25, -0.2) is 4.21 Å². The first-order chi connectivity index (χ1) is 15.6. The van der Waals surface area contributed by atoms with Crippen molar-refractivity contribution < 1.29 is 18.5 Å². The van der Waals surface area contributed by atoms with E-state index in [0.717, 1.165) is 35.3 Å². The number of ether oxygens (including phenoxy) is 2. The smallest absolute Gasteiger partial charge is 0.257 e. The van der Waals surface area contributed by atoms with Crippen molar-refractivity contribution in [1.29, 1.82) is 5.26 Å². The predicted molar refractivity (Wildman–Crippen MR) is 120 cm³/mol. The summed E-state index contributed by atoms with van der Waals surface area (Å²) >= 11 is 0. The van der Waals surface area contributed by atoms with E-state index in [1.54, 1.807) is 30.3 Å². The summed E-state index contributed by atoms with van der Waals surface area (Å²) < 4.78 is 26.6. The molecule has 1 aliphatic heterocycles. The number of carbonyl (C=O) groups excluding carboxylic acids is 1. The van der Waals surface area contributed by atoms with E-state index >= 15 is 0 Å². The molecular weight excluding hydrogens is 424 g/mol. The van der Waals surface area contributed by atoms with Crippen molar-refractivity contribution in [3.63, 3.8) is 0 Å². The molecule has 1 N–H and O–H groups in total. The standard InChI is InChI=1S/C25H18N2O4S/c26-15-16-3-1-4-19(13-16)31-22-6-2-5-20-21(22)11-12-23(20)30-18-9-7-17(8-10-18)24-14-25(28)27-32(24)29/h1-10,13-14,23H,11-12H2,(H,27,28)/t23-,32?/m1/s1. The van der Waals surface area contributed by atoms with Crippen LogP contribution in [0.4, 0.5) is 0 Å². The zero-order valence-electron chi connectivity index (χ0n) is 16.9. The normalized spacial score (nSPS) is 19.0. The van der Waals surface area contributed by atoms with Gasteiger partial charge in [0.25, 0.3) is 5.91 Å². The Balaban J connectivity index is 1.33. The van der Waals surface area contributed by atoms with E-state index in [0.29, 0.717) is 22.0 Å². The molecule has 1 amide bonds. The number of carbonyl (C=O) groups is 1. The third-order valence-corrected chi connectivity index (χ3v) is 6.58. The van der Waals surface area contributed by atoms with Gasteiger partial charge in [0.2, 0.25) is 0 Å². The molecule has 5 rings (SSSR count). The number of nitrogens with zero attached hydrogens (tertiary/aromatic N) is 1. The Morgan fingerprint density at radius 2 is 1.84 bits per heavy atom. The Labute approximate surface area is 187 Å². The minimum absolute atomic E-state index is 0.104. The third kappa shape index (κ3) is 3.88. The van der Waals surface area contributed by atoms with Gasteiger partial charge in [-0.2, -0.15) is 5.26 Å². The Bertz CT molecular complexity index is 1310. The van der Waals surface area contributed by atoms with Gasteiger partial charge in [0.05, 0.1) is 16.5 Å². The lowest BCUT2D eigenvalue weighted by Crippen LogP contribution is -2.16. The van der Waals surface area contributed by atoms with Gasteiger partial charge in [-0.3, -0.25) is 9.52 Å². The summed E-state index contributed by atoms with van der Waals surface area (Å²) in [5.74, 6) is 1.75. The summed E-state index contributed by atoms with van der Waals surface area (Å²) in [6.45, 7) is 0. The van der Waals surface area contributed by atoms with Crippen molar-refractivity contribution in [2.45, 2.75) is 18.9 Å². The monoisotopic (exact) mass is 442 g/mol. The fourth-order valence-corrected chi connectivity index (χ4v) is 4.87. The highest BCUT2D eigenvalue weighted by atomic mass is 32.2. The van der Waals surface area contributed by atoms with E-state index in [4.69, 9.17) is 14.7 Å². The van der Waals surface area contributed by atoms with Crippen LogP contribution in [0.25, 0.3) is 4.91 Å². The lowest BCUT2D eigenvalue weighted by Gasteiger charge is -2.16. The third-order valence-electron chi connectivity index (χ3n) is 5.44. The Hall–Kier alpha value is -3.89. The molecule has 1 aliphatic carbocycles. The van der Waals surface area contributed by atoms with E-state index in [1.165, 1.54) is 6.08 Å². The zero-order chi connectivity index (χ0) is 22.1. The van der Waals surface area contributed by atoms with Crippen molar-refractivity contribution in [2.24, 2.45) is 0 Å². The Morgan fingerprint density at radius 3 is 2.59 bits per heavy atom. The summed E-state index contributed by atoms with van der Waals surface area (Å²) in [6, 6.07) is 22.4. The quantitative estimate of drug-likeness (QED) is 0.626. The molecule has 1 unspecified atom stereocenters. The van der Waals surface area contributed by atoms with Gasteiger partial charge in [0.15, 0.2) is 11.0 Å². The van der Waals surface area contributed by atoms with Crippen molar-refractivity contribution >= 4 is 21.8 Å². The number of amides is 1. The highest BCUT2D eigenvalue weighted by Gasteiger charge is 2.27. The molecule has 0 spiro atoms. The first-order valence-electron chi connectivity index (χ1n) is 10.1. The van der Waals surface area contributed by atoms with Crippen LogP contribution in [0.3, 0.4) is 0 Å². The molecule has 0 bridgehead atoms. The van der Waals surface area contributed by atoms with Crippen LogP contribution in [-0.4, -0.2) is 10.1 Å². The number of rotatable bonds is 5. The molecule has 0 radical (unpaired) electrons. The summed E-state index contributed by atoms with van der Waals surface area (Å²) in [6.07, 6.45) is 2.90. The van der Waals surface area contributed by atoms with E-state index in [2.05, 4.69) is 10.8 Å². The summed E-state index contributed by atoms with van der Waals surface area (Å²) in [7, 11) is -1.51. The van der Waals surface area contributed by atoms with Gasteiger partial charge in [0.1, 0.15) is 23.4 Å². The second-order valence-electron chi connectivity index (χ2n) is 7.48. The lowest BCUT2D eigenvalue weighted by atomic mass is 10.1. The van der Waals surface area contributed by atoms with Gasteiger partial charge in [0, 0.05) is 11.6 Å². The second-order valence-corrected chi connectivity index (χ2v) is 8.66. The molecule has 0 saturated heterocycles. The fraction of sp³-hybridized carbons (Fsp3) is 0.120. The van der Waals surface area contributed by atoms with Crippen molar-refractivity contribution in [2.75, 3.05) is 0 Å².